The van der Waals surface area contributed by atoms with Crippen LogP contribution < -0.4 is 59.7 Å². The van der Waals surface area contributed by atoms with Crippen molar-refractivity contribution in [3.05, 3.63) is 220 Å². The summed E-state index contributed by atoms with van der Waals surface area (Å²) in [6, 6.07) is 28.0. The fraction of sp³-hybridized carbons (Fsp3) is 0.423. The first-order valence-corrected chi connectivity index (χ1v) is 52.3. The van der Waals surface area contributed by atoms with Gasteiger partial charge in [0.15, 0.2) is 47.3 Å². The zero-order valence-corrected chi connectivity index (χ0v) is 86.4. The lowest BCUT2D eigenvalue weighted by molar-refractivity contribution is -0.150. The quantitative estimate of drug-likeness (QED) is 0.0127. The van der Waals surface area contributed by atoms with Crippen LogP contribution in [-0.4, -0.2) is 280 Å². The molecule has 4 unspecified atom stereocenters. The van der Waals surface area contributed by atoms with E-state index in [1.807, 2.05) is 13.8 Å². The van der Waals surface area contributed by atoms with Crippen molar-refractivity contribution in [2.75, 3.05) is 33.0 Å². The van der Waals surface area contributed by atoms with Gasteiger partial charge in [-0.05, 0) is 124 Å². The minimum atomic E-state index is -4.28. The highest BCUT2D eigenvalue weighted by Crippen LogP contribution is 2.52. The fourth-order valence-corrected chi connectivity index (χ4v) is 20.2. The van der Waals surface area contributed by atoms with E-state index < -0.39 is 231 Å². The summed E-state index contributed by atoms with van der Waals surface area (Å²) in [5.41, 5.74) is -9.02. The number of para-hydroxylation sites is 4. The molecule has 4 aromatic rings. The van der Waals surface area contributed by atoms with Crippen LogP contribution in [0.5, 0.6) is 23.0 Å². The third-order valence-corrected chi connectivity index (χ3v) is 29.1. The van der Waals surface area contributed by atoms with Crippen LogP contribution in [0.15, 0.2) is 220 Å². The third kappa shape index (κ3) is 31.1. The molecular weight excluding hydrogens is 2030 g/mol. The van der Waals surface area contributed by atoms with E-state index in [0.717, 1.165) is 24.3 Å². The normalized spacial score (nSPS) is 28.0. The van der Waals surface area contributed by atoms with Gasteiger partial charge in [0.2, 0.25) is 0 Å². The van der Waals surface area contributed by atoms with Crippen molar-refractivity contribution >= 4 is 78.5 Å². The number of aliphatic hydroxyl groups is 8. The van der Waals surface area contributed by atoms with Gasteiger partial charge in [-0.1, -0.05) is 137 Å². The number of hydrogen-bond acceptors (Lipinski definition) is 40. The van der Waals surface area contributed by atoms with Crippen LogP contribution >= 0.6 is 31.0 Å². The topological polar surface area (TPSA) is 624 Å². The molecule has 8 aliphatic heterocycles. The second-order valence-corrected chi connectivity index (χ2v) is 40.9. The average Bonchev–Trinajstić information content (AvgIpc) is 1.62. The van der Waals surface area contributed by atoms with E-state index in [-0.39, 0.29) is 65.1 Å². The van der Waals surface area contributed by atoms with E-state index in [9.17, 15) is 97.5 Å². The maximum absolute atomic E-state index is 13.7. The summed E-state index contributed by atoms with van der Waals surface area (Å²) in [6.07, 6.45) is 14.5. The summed E-state index contributed by atoms with van der Waals surface area (Å²) in [5, 5.41) is 107. The second-order valence-electron chi connectivity index (χ2n) is 34.1. The Morgan fingerprint density at radius 2 is 0.584 bits per heavy atom. The molecule has 8 heterocycles. The predicted molar refractivity (Wildman–Crippen MR) is 529 cm³/mol. The van der Waals surface area contributed by atoms with Gasteiger partial charge in [-0.3, -0.25) is 56.5 Å². The Hall–Kier alpha value is -12.7. The second kappa shape index (κ2) is 52.7. The molecule has 0 radical (unpaired) electrons. The summed E-state index contributed by atoms with van der Waals surface area (Å²) in [5.74, 6) is 4.93. The largest absolute Gasteiger partial charge is 0.465 e. The Kier molecular flexibility index (Phi) is 42.4. The minimum Gasteiger partial charge on any atom is -0.465 e. The van der Waals surface area contributed by atoms with E-state index in [0.29, 0.717) is 12.8 Å². The molecule has 26 atom stereocenters. The van der Waals surface area contributed by atoms with Crippen LogP contribution in [0, 0.1) is 49.4 Å². The molecule has 806 valence electrons. The molecule has 0 saturated carbocycles. The first kappa shape index (κ1) is 120. The molecule has 4 fully saturated rings. The van der Waals surface area contributed by atoms with Gasteiger partial charge >= 0.3 is 54.9 Å². The SMILES string of the molecule is C#C[C@@]1(O)[C@H](O)[C@@H](COP(=O)(N[C@@H](C)C(=O)OC(C)C)Oc2ccccc2)O[C@H]1N1C=CC(=O)NC1=C.C#C[C@@]1(O)[C@H](O)[C@@H](COP(=O)(N[C@@H](C)C(=O)OCC)Oc2ccccc2)O[C@H]1N1C=CC(=O)NC1=C.C#C[C@@]1(O)[C@H](O)[C@@H](COP(=O)(N[C@@H](C)C(=O)O[C@@H](C)CC)Oc2ccccc2)O[C@H]1N1C=CC(=O)NC1=C.C#C[C@@]1(O)[C@H](O)[C@@H](COP(=O)(N[C@@H](C)C(=O)O[C@H](C)CC)Oc2ccccc2)O[C@H]1N1C=CC(=O)NC1=C. The number of ether oxygens (including phenoxy) is 8. The molecule has 12 rings (SSSR count). The van der Waals surface area contributed by atoms with Crippen LogP contribution in [0.4, 0.5) is 0 Å². The maximum atomic E-state index is 13.7. The van der Waals surface area contributed by atoms with Crippen molar-refractivity contribution < 1.29 is 172 Å². The Bertz CT molecular complexity index is 5790. The highest BCUT2D eigenvalue weighted by molar-refractivity contribution is 7.53. The van der Waals surface area contributed by atoms with Crippen molar-refractivity contribution in [2.45, 2.75) is 228 Å². The monoisotopic (exact) mass is 2150 g/mol. The van der Waals surface area contributed by atoms with Crippen LogP contribution in [0.1, 0.15) is 89.0 Å². The standard InChI is InChI=1S/2C25H32N3O9P.C24H30N3O9P.C23H28N3O9P/c2*1-6-16(3)35-23(31)17(4)27-38(33,37-19-11-9-8-10-12-19)34-15-20-22(30)25(32,7-2)24(36-20)28-14-13-21(29)26-18(28)5;1-6-24(31)21(29)19(35-23(24)27-13-12-20(28)25-17(27)5)14-33-37(32,36-18-10-8-7-9-11-18)26-16(4)22(30)34-15(2)3;1-5-23(30)20(28)18(34-22(23)26-13-12-19(27)24-16(26)4)14-33-36(31,25-15(3)21(29)32-6-2)35-17-10-8-7-9-11-17/h2*2,8-14,16-17,20,22,24,30,32H,5-6,15H2,1,3-4H3,(H,26,29)(H,27,33);1,7-13,15-16,19,21,23,29,31H,5,14H2,2-4H3,(H,25,28)(H,26,32);1,7-13,15,18,20,22,28,30H,4,6,14H2,2-3H3,(H,24,27)(H,25,31)/t16-,17+,20-,22-,24-,25-,38?;16-,17-,20+,22+,24+,25+,38?;16-,19+,21+,23+,24+,37?;15-,18+,20+,22+,23+,36?/m1000/s1. The maximum Gasteiger partial charge on any atom is 0.459 e. The smallest absolute Gasteiger partial charge is 0.459 e. The van der Waals surface area contributed by atoms with Crippen LogP contribution in [0.2, 0.25) is 0 Å². The lowest BCUT2D eigenvalue weighted by Crippen LogP contribution is -2.54. The first-order valence-electron chi connectivity index (χ1n) is 46.1. The number of nitrogens with one attached hydrogen (secondary N) is 8. The summed E-state index contributed by atoms with van der Waals surface area (Å²) < 4.78 is 143. The Balaban J connectivity index is 0.000000221. The molecular formula is C97H122N12O36P4. The number of terminal acetylenes is 4. The number of aliphatic hydroxyl groups excluding tert-OH is 4. The van der Waals surface area contributed by atoms with Gasteiger partial charge in [0, 0.05) is 49.1 Å². The van der Waals surface area contributed by atoms with E-state index in [4.69, 9.17) is 99.8 Å². The van der Waals surface area contributed by atoms with Gasteiger partial charge in [-0.2, -0.15) is 20.3 Å². The van der Waals surface area contributed by atoms with Crippen molar-refractivity contribution in [1.29, 1.82) is 0 Å². The lowest BCUT2D eigenvalue weighted by atomic mass is 9.94. The molecule has 4 amide bonds. The predicted octanol–water partition coefficient (Wildman–Crippen LogP) is 4.34. The summed E-state index contributed by atoms with van der Waals surface area (Å²) in [4.78, 5) is 101. The Morgan fingerprint density at radius 1 is 0.376 bits per heavy atom. The molecule has 4 saturated heterocycles. The Labute approximate surface area is 860 Å². The molecule has 0 aromatic heterocycles. The van der Waals surface area contributed by atoms with E-state index in [2.05, 4.69) is 91.6 Å². The van der Waals surface area contributed by atoms with Crippen LogP contribution in [0.3, 0.4) is 0 Å². The third-order valence-electron chi connectivity index (χ3n) is 22.5. The zero-order chi connectivity index (χ0) is 110. The first-order chi connectivity index (χ1) is 70.2. The van der Waals surface area contributed by atoms with Gasteiger partial charge < -0.3 is 138 Å². The molecule has 52 heteroatoms. The van der Waals surface area contributed by atoms with E-state index in [1.165, 1.54) is 121 Å². The highest BCUT2D eigenvalue weighted by Gasteiger charge is 2.63. The molecule has 149 heavy (non-hydrogen) atoms. The number of rotatable bonds is 42. The van der Waals surface area contributed by atoms with Gasteiger partial charge in [-0.25, -0.2) is 18.3 Å². The van der Waals surface area contributed by atoms with Crippen molar-refractivity contribution in [1.82, 2.24) is 61.2 Å². The summed E-state index contributed by atoms with van der Waals surface area (Å²) in [7, 11) is -17.1. The Morgan fingerprint density at radius 3 is 0.772 bits per heavy atom. The molecule has 8 aliphatic rings. The van der Waals surface area contributed by atoms with Gasteiger partial charge in [0.25, 0.3) is 23.6 Å². The number of nitrogens with zero attached hydrogens (tertiary/aromatic N) is 4. The van der Waals surface area contributed by atoms with Crippen LogP contribution in [0.25, 0.3) is 0 Å². The molecule has 4 aromatic carbocycles. The average molecular weight is 2160 g/mol. The van der Waals surface area contributed by atoms with Gasteiger partial charge in [0.05, 0.1) is 51.3 Å². The van der Waals surface area contributed by atoms with Crippen molar-refractivity contribution in [3.63, 3.8) is 0 Å². The number of carbonyl (C=O) groups is 8. The highest BCUT2D eigenvalue weighted by atomic mass is 31.2. The zero-order valence-electron chi connectivity index (χ0n) is 82.8. The number of carbonyl (C=O) groups excluding carboxylic acids is 8. The number of esters is 4. The molecule has 0 spiro atoms. The number of hydrogen-bond donors (Lipinski definition) is 16. The number of benzene rings is 4. The van der Waals surface area contributed by atoms with E-state index in [1.54, 1.807) is 107 Å². The fourth-order valence-electron chi connectivity index (χ4n) is 14.2. The van der Waals surface area contributed by atoms with E-state index >= 15 is 0 Å². The molecule has 0 bridgehead atoms. The minimum absolute atomic E-state index is 0.0529. The molecule has 48 nitrogen and oxygen atoms in total. The molecule has 16 N–H and O–H groups in total. The molecule has 0 aliphatic carbocycles. The summed E-state index contributed by atoms with van der Waals surface area (Å²) >= 11 is 0. The number of amides is 4. The van der Waals surface area contributed by atoms with Gasteiger partial charge in [0.1, 0.15) is 119 Å². The summed E-state index contributed by atoms with van der Waals surface area (Å²) in [6.45, 7) is 30.4. The lowest BCUT2D eigenvalue weighted by Gasteiger charge is -2.36. The van der Waals surface area contributed by atoms with Crippen molar-refractivity contribution in [2.24, 2.45) is 0 Å². The van der Waals surface area contributed by atoms with Crippen molar-refractivity contribution in [3.8, 4) is 72.4 Å². The van der Waals surface area contributed by atoms with Gasteiger partial charge in [-0.15, -0.1) is 25.7 Å². The van der Waals surface area contributed by atoms with Crippen LogP contribution in [-0.2, 0) is 113 Å².